The van der Waals surface area contributed by atoms with Gasteiger partial charge in [0.15, 0.2) is 0 Å². The number of amides is 1. The van der Waals surface area contributed by atoms with Crippen LogP contribution >= 0.6 is 0 Å². The van der Waals surface area contributed by atoms with E-state index in [0.717, 1.165) is 19.3 Å². The molecule has 1 aliphatic rings. The van der Waals surface area contributed by atoms with Crippen molar-refractivity contribution in [3.05, 3.63) is 35.6 Å². The van der Waals surface area contributed by atoms with E-state index in [-0.39, 0.29) is 11.7 Å². The van der Waals surface area contributed by atoms with Crippen LogP contribution in [0.2, 0.25) is 0 Å². The van der Waals surface area contributed by atoms with Gasteiger partial charge in [0.2, 0.25) is 5.91 Å². The second-order valence-corrected chi connectivity index (χ2v) is 4.89. The monoisotopic (exact) mass is 249 g/mol. The van der Waals surface area contributed by atoms with Crippen molar-refractivity contribution in [3.63, 3.8) is 0 Å². The number of likely N-dealkylation sites (N-methyl/N-ethyl adjacent to an activating group) is 1. The lowest BCUT2D eigenvalue weighted by atomic mass is 9.63. The number of benzene rings is 1. The normalized spacial score (nSPS) is 17.1. The van der Waals surface area contributed by atoms with Crippen LogP contribution in [-0.4, -0.2) is 23.9 Å². The summed E-state index contributed by atoms with van der Waals surface area (Å²) < 4.78 is 14.0. The summed E-state index contributed by atoms with van der Waals surface area (Å²) in [6.45, 7) is 5.31. The van der Waals surface area contributed by atoms with Crippen LogP contribution in [0.3, 0.4) is 0 Å². The van der Waals surface area contributed by atoms with Crippen LogP contribution in [0.25, 0.3) is 0 Å². The third-order valence-corrected chi connectivity index (χ3v) is 4.06. The number of nitrogens with zero attached hydrogens (tertiary/aromatic N) is 1. The van der Waals surface area contributed by atoms with Gasteiger partial charge >= 0.3 is 0 Å². The first kappa shape index (κ1) is 13.1. The van der Waals surface area contributed by atoms with E-state index in [9.17, 15) is 9.18 Å². The van der Waals surface area contributed by atoms with Crippen molar-refractivity contribution >= 4 is 5.91 Å². The maximum Gasteiger partial charge on any atom is 0.233 e. The predicted molar refractivity (Wildman–Crippen MR) is 69.9 cm³/mol. The molecular formula is C15H20FNO. The molecule has 1 aliphatic carbocycles. The molecule has 3 heteroatoms. The Balaban J connectivity index is 2.37. The van der Waals surface area contributed by atoms with Gasteiger partial charge in [-0.25, -0.2) is 4.39 Å². The van der Waals surface area contributed by atoms with Gasteiger partial charge in [-0.15, -0.1) is 0 Å². The summed E-state index contributed by atoms with van der Waals surface area (Å²) in [6, 6.07) is 6.70. The highest BCUT2D eigenvalue weighted by Crippen LogP contribution is 2.46. The fourth-order valence-corrected chi connectivity index (χ4v) is 2.79. The Kier molecular flexibility index (Phi) is 3.69. The lowest BCUT2D eigenvalue weighted by Crippen LogP contribution is -2.51. The highest BCUT2D eigenvalue weighted by Gasteiger charge is 2.48. The molecule has 2 nitrogen and oxygen atoms in total. The van der Waals surface area contributed by atoms with Crippen LogP contribution in [0.5, 0.6) is 0 Å². The van der Waals surface area contributed by atoms with Crippen molar-refractivity contribution in [3.8, 4) is 0 Å². The van der Waals surface area contributed by atoms with Gasteiger partial charge in [-0.05, 0) is 32.8 Å². The Morgan fingerprint density at radius 2 is 1.89 bits per heavy atom. The molecule has 1 aromatic carbocycles. The van der Waals surface area contributed by atoms with Crippen molar-refractivity contribution in [1.82, 2.24) is 4.90 Å². The van der Waals surface area contributed by atoms with Crippen molar-refractivity contribution in [2.75, 3.05) is 13.1 Å². The van der Waals surface area contributed by atoms with Crippen molar-refractivity contribution in [2.45, 2.75) is 38.5 Å². The molecule has 0 N–H and O–H groups in total. The van der Waals surface area contributed by atoms with Gasteiger partial charge in [0.1, 0.15) is 5.82 Å². The minimum Gasteiger partial charge on any atom is -0.342 e. The number of halogens is 1. The van der Waals surface area contributed by atoms with E-state index in [1.54, 1.807) is 12.1 Å². The zero-order chi connectivity index (χ0) is 13.2. The fraction of sp³-hybridized carbons (Fsp3) is 0.533. The maximum absolute atomic E-state index is 14.0. The summed E-state index contributed by atoms with van der Waals surface area (Å²) in [4.78, 5) is 14.4. The molecule has 0 bridgehead atoms. The van der Waals surface area contributed by atoms with Gasteiger partial charge in [-0.2, -0.15) is 0 Å². The van der Waals surface area contributed by atoms with E-state index in [1.807, 2.05) is 24.8 Å². The molecule has 0 saturated heterocycles. The quantitative estimate of drug-likeness (QED) is 0.803. The minimum absolute atomic E-state index is 0.0869. The summed E-state index contributed by atoms with van der Waals surface area (Å²) in [6.07, 6.45) is 2.54. The molecule has 1 saturated carbocycles. The molecule has 2 rings (SSSR count). The number of rotatable bonds is 4. The molecule has 18 heavy (non-hydrogen) atoms. The van der Waals surface area contributed by atoms with Gasteiger partial charge in [-0.3, -0.25) is 4.79 Å². The molecule has 1 fully saturated rings. The second-order valence-electron chi connectivity index (χ2n) is 4.89. The smallest absolute Gasteiger partial charge is 0.233 e. The van der Waals surface area contributed by atoms with E-state index in [1.165, 1.54) is 6.07 Å². The Morgan fingerprint density at radius 3 is 2.33 bits per heavy atom. The van der Waals surface area contributed by atoms with Crippen LogP contribution in [0, 0.1) is 5.82 Å². The first-order chi connectivity index (χ1) is 8.65. The molecule has 0 aliphatic heterocycles. The van der Waals surface area contributed by atoms with Gasteiger partial charge in [0.05, 0.1) is 5.41 Å². The molecule has 0 unspecified atom stereocenters. The largest absolute Gasteiger partial charge is 0.342 e. The number of hydrogen-bond donors (Lipinski definition) is 0. The van der Waals surface area contributed by atoms with E-state index in [0.29, 0.717) is 18.7 Å². The molecular weight excluding hydrogens is 229 g/mol. The van der Waals surface area contributed by atoms with Crippen LogP contribution in [0.1, 0.15) is 38.7 Å². The van der Waals surface area contributed by atoms with E-state index < -0.39 is 5.41 Å². The van der Waals surface area contributed by atoms with Crippen LogP contribution in [0.15, 0.2) is 24.3 Å². The van der Waals surface area contributed by atoms with Gasteiger partial charge in [0.25, 0.3) is 0 Å². The summed E-state index contributed by atoms with van der Waals surface area (Å²) in [5, 5.41) is 0. The first-order valence-electron chi connectivity index (χ1n) is 6.70. The molecule has 1 aromatic rings. The van der Waals surface area contributed by atoms with E-state index in [2.05, 4.69) is 0 Å². The summed E-state index contributed by atoms with van der Waals surface area (Å²) in [5.74, 6) is -0.165. The first-order valence-corrected chi connectivity index (χ1v) is 6.70. The topological polar surface area (TPSA) is 20.3 Å². The highest BCUT2D eigenvalue weighted by molar-refractivity contribution is 5.89. The predicted octanol–water partition coefficient (Wildman–Crippen LogP) is 3.12. The average Bonchev–Trinajstić information content (AvgIpc) is 2.32. The van der Waals surface area contributed by atoms with Crippen molar-refractivity contribution in [1.29, 1.82) is 0 Å². The number of carbonyl (C=O) groups is 1. The summed E-state index contributed by atoms with van der Waals surface area (Å²) in [7, 11) is 0. The van der Waals surface area contributed by atoms with Gasteiger partial charge in [0, 0.05) is 18.7 Å². The Hall–Kier alpha value is -1.38. The lowest BCUT2D eigenvalue weighted by molar-refractivity contribution is -0.140. The minimum atomic E-state index is -0.600. The van der Waals surface area contributed by atoms with Crippen LogP contribution < -0.4 is 0 Å². The number of carbonyl (C=O) groups excluding carboxylic acids is 1. The van der Waals surface area contributed by atoms with Crippen molar-refractivity contribution < 1.29 is 9.18 Å². The van der Waals surface area contributed by atoms with Gasteiger partial charge in [-0.1, -0.05) is 24.6 Å². The van der Waals surface area contributed by atoms with Crippen LogP contribution in [-0.2, 0) is 10.2 Å². The molecule has 1 amide bonds. The van der Waals surface area contributed by atoms with E-state index in [4.69, 9.17) is 0 Å². The highest BCUT2D eigenvalue weighted by atomic mass is 19.1. The molecule has 0 radical (unpaired) electrons. The Bertz CT molecular complexity index is 436. The standard InChI is InChI=1S/C15H20FNO/c1-3-17(4-2)14(18)15(10-7-11-15)12-8-5-6-9-13(12)16/h5-6,8-9H,3-4,7,10-11H2,1-2H3. The molecule has 0 heterocycles. The molecule has 0 aromatic heterocycles. The maximum atomic E-state index is 14.0. The van der Waals surface area contributed by atoms with Crippen LogP contribution in [0.4, 0.5) is 4.39 Å². The van der Waals surface area contributed by atoms with Crippen molar-refractivity contribution in [2.24, 2.45) is 0 Å². The second kappa shape index (κ2) is 5.09. The Morgan fingerprint density at radius 1 is 1.28 bits per heavy atom. The van der Waals surface area contributed by atoms with Gasteiger partial charge < -0.3 is 4.90 Å². The fourth-order valence-electron chi connectivity index (χ4n) is 2.79. The third-order valence-electron chi connectivity index (χ3n) is 4.06. The zero-order valence-corrected chi connectivity index (χ0v) is 11.1. The summed E-state index contributed by atoms with van der Waals surface area (Å²) in [5.41, 5.74) is -0.0228. The average molecular weight is 249 g/mol. The number of hydrogen-bond acceptors (Lipinski definition) is 1. The van der Waals surface area contributed by atoms with E-state index >= 15 is 0 Å². The lowest BCUT2D eigenvalue weighted by Gasteiger charge is -2.43. The third kappa shape index (κ3) is 1.92. The SMILES string of the molecule is CCN(CC)C(=O)C1(c2ccccc2F)CCC1. The molecule has 0 spiro atoms. The summed E-state index contributed by atoms with van der Waals surface area (Å²) >= 11 is 0. The molecule has 98 valence electrons. The molecule has 0 atom stereocenters. The zero-order valence-electron chi connectivity index (χ0n) is 11.1. The Labute approximate surface area is 108 Å².